The number of rotatable bonds is 3. The summed E-state index contributed by atoms with van der Waals surface area (Å²) < 4.78 is 5.96. The molecule has 0 spiro atoms. The summed E-state index contributed by atoms with van der Waals surface area (Å²) in [6.45, 7) is 7.65. The third-order valence-electron chi connectivity index (χ3n) is 4.08. The maximum atomic E-state index is 5.96. The molecule has 2 rings (SSSR count). The third kappa shape index (κ3) is 2.05. The minimum Gasteiger partial charge on any atom is -0.374 e. The molecular formula is C12H24N2O. The van der Waals surface area contributed by atoms with Crippen LogP contribution in [0.25, 0.3) is 0 Å². The number of likely N-dealkylation sites (N-methyl/N-ethyl adjacent to an activating group) is 1. The average molecular weight is 212 g/mol. The highest BCUT2D eigenvalue weighted by molar-refractivity contribution is 5.09. The highest BCUT2D eigenvalue weighted by atomic mass is 16.5. The van der Waals surface area contributed by atoms with Crippen molar-refractivity contribution in [2.75, 3.05) is 33.8 Å². The van der Waals surface area contributed by atoms with Gasteiger partial charge in [0.25, 0.3) is 0 Å². The van der Waals surface area contributed by atoms with E-state index in [9.17, 15) is 0 Å². The second kappa shape index (κ2) is 4.04. The Morgan fingerprint density at radius 3 is 2.47 bits per heavy atom. The van der Waals surface area contributed by atoms with Crippen molar-refractivity contribution in [3.8, 4) is 0 Å². The lowest BCUT2D eigenvalue weighted by Gasteiger charge is -2.41. The van der Waals surface area contributed by atoms with Crippen molar-refractivity contribution in [1.29, 1.82) is 0 Å². The molecule has 1 heterocycles. The van der Waals surface area contributed by atoms with E-state index in [4.69, 9.17) is 4.74 Å². The summed E-state index contributed by atoms with van der Waals surface area (Å²) in [6, 6.07) is 0.648. The summed E-state index contributed by atoms with van der Waals surface area (Å²) >= 11 is 0. The lowest BCUT2D eigenvalue weighted by Crippen LogP contribution is -2.54. The van der Waals surface area contributed by atoms with Crippen molar-refractivity contribution >= 4 is 0 Å². The molecule has 1 aliphatic carbocycles. The van der Waals surface area contributed by atoms with Crippen molar-refractivity contribution < 1.29 is 4.74 Å². The molecule has 1 aliphatic heterocycles. The van der Waals surface area contributed by atoms with Crippen LogP contribution in [0.5, 0.6) is 0 Å². The number of hydrogen-bond donors (Lipinski definition) is 0. The minimum atomic E-state index is 0.355. The SMILES string of the molecule is CC(C)N1CCO[C@@H](C2(N(C)C)CC2)C1. The number of hydrogen-bond acceptors (Lipinski definition) is 3. The Labute approximate surface area is 93.4 Å². The van der Waals surface area contributed by atoms with E-state index >= 15 is 0 Å². The van der Waals surface area contributed by atoms with Crippen LogP contribution in [0.2, 0.25) is 0 Å². The Bertz CT molecular complexity index is 224. The van der Waals surface area contributed by atoms with Crippen LogP contribution in [0.1, 0.15) is 26.7 Å². The predicted molar refractivity (Wildman–Crippen MR) is 62.1 cm³/mol. The van der Waals surface area contributed by atoms with Gasteiger partial charge in [-0.25, -0.2) is 0 Å². The minimum absolute atomic E-state index is 0.355. The molecular weight excluding hydrogens is 188 g/mol. The van der Waals surface area contributed by atoms with Crippen molar-refractivity contribution in [3.63, 3.8) is 0 Å². The Morgan fingerprint density at radius 2 is 2.00 bits per heavy atom. The topological polar surface area (TPSA) is 15.7 Å². The van der Waals surface area contributed by atoms with Crippen LogP contribution in [0.4, 0.5) is 0 Å². The number of nitrogens with zero attached hydrogens (tertiary/aromatic N) is 2. The normalized spacial score (nSPS) is 31.2. The summed E-state index contributed by atoms with van der Waals surface area (Å²) in [5, 5.41) is 0. The van der Waals surface area contributed by atoms with Gasteiger partial charge in [-0.3, -0.25) is 4.90 Å². The summed E-state index contributed by atoms with van der Waals surface area (Å²) in [7, 11) is 4.37. The van der Waals surface area contributed by atoms with Gasteiger partial charge in [0.05, 0.1) is 12.7 Å². The first-order valence-corrected chi connectivity index (χ1v) is 6.09. The molecule has 0 aromatic heterocycles. The second-order valence-electron chi connectivity index (χ2n) is 5.45. The molecule has 0 aromatic rings. The molecule has 0 unspecified atom stereocenters. The summed E-state index contributed by atoms with van der Waals surface area (Å²) in [6.07, 6.45) is 3.02. The van der Waals surface area contributed by atoms with Gasteiger partial charge in [-0.05, 0) is 40.8 Å². The van der Waals surface area contributed by atoms with Crippen LogP contribution in [-0.2, 0) is 4.74 Å². The van der Waals surface area contributed by atoms with Crippen LogP contribution in [0.15, 0.2) is 0 Å². The molecule has 0 amide bonds. The van der Waals surface area contributed by atoms with E-state index in [1.165, 1.54) is 12.8 Å². The Morgan fingerprint density at radius 1 is 1.33 bits per heavy atom. The standard InChI is InChI=1S/C12H24N2O/c1-10(2)14-7-8-15-11(9-14)12(5-6-12)13(3)4/h10-11H,5-9H2,1-4H3/t11-/m1/s1. The lowest BCUT2D eigenvalue weighted by molar-refractivity contribution is -0.0799. The monoisotopic (exact) mass is 212 g/mol. The van der Waals surface area contributed by atoms with Gasteiger partial charge in [-0.2, -0.15) is 0 Å². The molecule has 0 radical (unpaired) electrons. The van der Waals surface area contributed by atoms with Crippen molar-refractivity contribution in [3.05, 3.63) is 0 Å². The first-order chi connectivity index (χ1) is 7.06. The highest BCUT2D eigenvalue weighted by Gasteiger charge is 2.53. The third-order valence-corrected chi connectivity index (χ3v) is 4.08. The maximum Gasteiger partial charge on any atom is 0.0885 e. The zero-order valence-corrected chi connectivity index (χ0v) is 10.5. The lowest BCUT2D eigenvalue weighted by atomic mass is 10.1. The van der Waals surface area contributed by atoms with E-state index in [2.05, 4.69) is 37.7 Å². The first-order valence-electron chi connectivity index (χ1n) is 6.09. The fourth-order valence-corrected chi connectivity index (χ4v) is 2.65. The Hall–Kier alpha value is -0.120. The van der Waals surface area contributed by atoms with Gasteiger partial charge in [0.2, 0.25) is 0 Å². The Kier molecular flexibility index (Phi) is 3.06. The number of ether oxygens (including phenoxy) is 1. The van der Waals surface area contributed by atoms with Gasteiger partial charge in [0.15, 0.2) is 0 Å². The molecule has 2 fully saturated rings. The van der Waals surface area contributed by atoms with Crippen molar-refractivity contribution in [1.82, 2.24) is 9.80 Å². The van der Waals surface area contributed by atoms with Gasteiger partial charge >= 0.3 is 0 Å². The average Bonchev–Trinajstić information content (AvgIpc) is 2.98. The summed E-state index contributed by atoms with van der Waals surface area (Å²) in [5.74, 6) is 0. The number of morpholine rings is 1. The molecule has 15 heavy (non-hydrogen) atoms. The van der Waals surface area contributed by atoms with Crippen LogP contribution in [0, 0.1) is 0 Å². The van der Waals surface area contributed by atoms with Crippen molar-refractivity contribution in [2.24, 2.45) is 0 Å². The largest absolute Gasteiger partial charge is 0.374 e. The highest BCUT2D eigenvalue weighted by Crippen LogP contribution is 2.45. The first kappa shape index (κ1) is 11.4. The molecule has 1 saturated carbocycles. The molecule has 1 saturated heterocycles. The zero-order valence-electron chi connectivity index (χ0n) is 10.5. The molecule has 3 heteroatoms. The second-order valence-corrected chi connectivity index (χ2v) is 5.45. The van der Waals surface area contributed by atoms with Crippen molar-refractivity contribution in [2.45, 2.75) is 44.4 Å². The summed E-state index contributed by atoms with van der Waals surface area (Å²) in [4.78, 5) is 4.90. The predicted octanol–water partition coefficient (Wildman–Crippen LogP) is 1.19. The fourth-order valence-electron chi connectivity index (χ4n) is 2.65. The van der Waals surface area contributed by atoms with Crippen LogP contribution < -0.4 is 0 Å². The molecule has 0 bridgehead atoms. The van der Waals surface area contributed by atoms with Gasteiger partial charge in [-0.1, -0.05) is 0 Å². The summed E-state index contributed by atoms with van der Waals surface area (Å²) in [5.41, 5.74) is 0.355. The smallest absolute Gasteiger partial charge is 0.0885 e. The molecule has 2 aliphatic rings. The van der Waals surface area contributed by atoms with E-state index in [1.807, 2.05) is 0 Å². The fraction of sp³-hybridized carbons (Fsp3) is 1.00. The maximum absolute atomic E-state index is 5.96. The molecule has 3 nitrogen and oxygen atoms in total. The van der Waals surface area contributed by atoms with E-state index in [0.29, 0.717) is 17.7 Å². The van der Waals surface area contributed by atoms with E-state index in [-0.39, 0.29) is 0 Å². The van der Waals surface area contributed by atoms with Crippen LogP contribution in [-0.4, -0.2) is 61.3 Å². The van der Waals surface area contributed by atoms with Gasteiger partial charge < -0.3 is 9.64 Å². The van der Waals surface area contributed by atoms with Crippen LogP contribution >= 0.6 is 0 Å². The van der Waals surface area contributed by atoms with Gasteiger partial charge in [0.1, 0.15) is 0 Å². The molecule has 88 valence electrons. The van der Waals surface area contributed by atoms with E-state index in [1.54, 1.807) is 0 Å². The van der Waals surface area contributed by atoms with Crippen LogP contribution in [0.3, 0.4) is 0 Å². The zero-order chi connectivity index (χ0) is 11.1. The van der Waals surface area contributed by atoms with E-state index in [0.717, 1.165) is 19.7 Å². The van der Waals surface area contributed by atoms with Gasteiger partial charge in [0, 0.05) is 24.7 Å². The van der Waals surface area contributed by atoms with Gasteiger partial charge in [-0.15, -0.1) is 0 Å². The Balaban J connectivity index is 1.99. The molecule has 0 N–H and O–H groups in total. The van der Waals surface area contributed by atoms with E-state index < -0.39 is 0 Å². The molecule has 0 aromatic carbocycles. The quantitative estimate of drug-likeness (QED) is 0.699. The molecule has 1 atom stereocenters.